The lowest BCUT2D eigenvalue weighted by Crippen LogP contribution is -2.26. The Morgan fingerprint density at radius 3 is 2.17 bits per heavy atom. The molecule has 1 atom stereocenters. The molecule has 0 saturated carbocycles. The molecule has 0 aliphatic carbocycles. The van der Waals surface area contributed by atoms with Gasteiger partial charge in [-0.05, 0) is 26.3 Å². The minimum Gasteiger partial charge on any atom is -0.314 e. The van der Waals surface area contributed by atoms with Crippen LogP contribution in [0.2, 0.25) is 0 Å². The van der Waals surface area contributed by atoms with Gasteiger partial charge in [0, 0.05) is 6.04 Å². The zero-order chi connectivity index (χ0) is 8.65. The summed E-state index contributed by atoms with van der Waals surface area (Å²) in [7, 11) is 0. The van der Waals surface area contributed by atoms with Gasteiger partial charge in [-0.2, -0.15) is 0 Å². The second-order valence-electron chi connectivity index (χ2n) is 4.12. The van der Waals surface area contributed by atoms with Gasteiger partial charge >= 0.3 is 0 Å². The Kier molecular flexibility index (Phi) is 5.42. The Labute approximate surface area is 76.9 Å². The third-order valence-corrected chi connectivity index (χ3v) is 2.81. The predicted octanol–water partition coefficient (Wildman–Crippen LogP) is 3.10. The van der Waals surface area contributed by atoms with Crippen LogP contribution in [0.4, 0.5) is 0 Å². The molecule has 0 spiro atoms. The minimum absolute atomic E-state index is 0.753. The Morgan fingerprint density at radius 1 is 0.833 bits per heavy atom. The van der Waals surface area contributed by atoms with E-state index in [9.17, 15) is 0 Å². The van der Waals surface area contributed by atoms with E-state index in [1.54, 1.807) is 0 Å². The van der Waals surface area contributed by atoms with Gasteiger partial charge in [-0.25, -0.2) is 0 Å². The largest absolute Gasteiger partial charge is 0.314 e. The lowest BCUT2D eigenvalue weighted by molar-refractivity contribution is 0.487. The van der Waals surface area contributed by atoms with Crippen molar-refractivity contribution in [1.82, 2.24) is 5.32 Å². The molecule has 0 radical (unpaired) electrons. The van der Waals surface area contributed by atoms with Crippen LogP contribution >= 0.6 is 0 Å². The smallest absolute Gasteiger partial charge is 0.00387 e. The molecule has 1 aliphatic heterocycles. The number of hydrogen-bond donors (Lipinski definition) is 1. The van der Waals surface area contributed by atoms with Crippen LogP contribution in [-0.4, -0.2) is 12.6 Å². The summed E-state index contributed by atoms with van der Waals surface area (Å²) >= 11 is 0. The average Bonchev–Trinajstić information content (AvgIpc) is 2.11. The molecule has 0 bridgehead atoms. The third kappa shape index (κ3) is 4.76. The molecule has 1 heteroatoms. The second-order valence-corrected chi connectivity index (χ2v) is 4.12. The van der Waals surface area contributed by atoms with E-state index in [4.69, 9.17) is 0 Å². The fourth-order valence-electron chi connectivity index (χ4n) is 1.91. The topological polar surface area (TPSA) is 12.0 Å². The van der Waals surface area contributed by atoms with Crippen molar-refractivity contribution in [2.24, 2.45) is 0 Å². The zero-order valence-electron chi connectivity index (χ0n) is 8.44. The van der Waals surface area contributed by atoms with Crippen molar-refractivity contribution in [3.05, 3.63) is 0 Å². The van der Waals surface area contributed by atoms with Gasteiger partial charge in [0.25, 0.3) is 0 Å². The molecule has 1 unspecified atom stereocenters. The number of nitrogens with one attached hydrogen (secondary N) is 1. The normalized spacial score (nSPS) is 29.2. The van der Waals surface area contributed by atoms with E-state index in [-0.39, 0.29) is 0 Å². The first kappa shape index (κ1) is 10.0. The van der Waals surface area contributed by atoms with Crippen molar-refractivity contribution in [2.45, 2.75) is 64.3 Å². The first-order valence-electron chi connectivity index (χ1n) is 5.63. The molecule has 0 aromatic carbocycles. The standard InChI is InChI=1S/C11H23N/c1-11-9-7-5-3-2-4-6-8-10-12-11/h11-12H,2-10H2,1H3. The summed E-state index contributed by atoms with van der Waals surface area (Å²) in [5, 5.41) is 3.58. The highest BCUT2D eigenvalue weighted by atomic mass is 14.9. The molecule has 1 aliphatic rings. The van der Waals surface area contributed by atoms with Crippen LogP contribution in [0.25, 0.3) is 0 Å². The molecule has 1 nitrogen and oxygen atoms in total. The van der Waals surface area contributed by atoms with Crippen LogP contribution in [-0.2, 0) is 0 Å². The molecule has 1 rings (SSSR count). The summed E-state index contributed by atoms with van der Waals surface area (Å²) in [6.07, 6.45) is 11.4. The van der Waals surface area contributed by atoms with Crippen LogP contribution in [0.5, 0.6) is 0 Å². The summed E-state index contributed by atoms with van der Waals surface area (Å²) in [6, 6.07) is 0.753. The molecule has 1 heterocycles. The molecular weight excluding hydrogens is 146 g/mol. The first-order valence-corrected chi connectivity index (χ1v) is 5.63. The summed E-state index contributed by atoms with van der Waals surface area (Å²) < 4.78 is 0. The maximum Gasteiger partial charge on any atom is 0.00387 e. The van der Waals surface area contributed by atoms with Crippen molar-refractivity contribution >= 4 is 0 Å². The molecule has 1 saturated heterocycles. The second kappa shape index (κ2) is 6.47. The van der Waals surface area contributed by atoms with Gasteiger partial charge < -0.3 is 5.32 Å². The number of hydrogen-bond acceptors (Lipinski definition) is 1. The minimum atomic E-state index is 0.753. The first-order chi connectivity index (χ1) is 5.89. The van der Waals surface area contributed by atoms with Crippen LogP contribution in [0.3, 0.4) is 0 Å². The lowest BCUT2D eigenvalue weighted by atomic mass is 10.1. The Hall–Kier alpha value is -0.0400. The van der Waals surface area contributed by atoms with Gasteiger partial charge in [-0.3, -0.25) is 0 Å². The van der Waals surface area contributed by atoms with Crippen molar-refractivity contribution in [3.8, 4) is 0 Å². The third-order valence-electron chi connectivity index (χ3n) is 2.81. The maximum atomic E-state index is 3.58. The van der Waals surface area contributed by atoms with Gasteiger partial charge in [0.15, 0.2) is 0 Å². The van der Waals surface area contributed by atoms with E-state index in [0.29, 0.717) is 0 Å². The highest BCUT2D eigenvalue weighted by Gasteiger charge is 2.02. The molecule has 1 fully saturated rings. The SMILES string of the molecule is CC1CCCCCCCCCN1. The zero-order valence-corrected chi connectivity index (χ0v) is 8.44. The quantitative estimate of drug-likeness (QED) is 0.587. The van der Waals surface area contributed by atoms with Gasteiger partial charge in [-0.1, -0.05) is 38.5 Å². The summed E-state index contributed by atoms with van der Waals surface area (Å²) in [5.41, 5.74) is 0. The fourth-order valence-corrected chi connectivity index (χ4v) is 1.91. The summed E-state index contributed by atoms with van der Waals surface area (Å²) in [4.78, 5) is 0. The van der Waals surface area contributed by atoms with Crippen LogP contribution < -0.4 is 5.32 Å². The van der Waals surface area contributed by atoms with E-state index in [2.05, 4.69) is 12.2 Å². The average molecular weight is 169 g/mol. The molecular formula is C11H23N. The van der Waals surface area contributed by atoms with Crippen molar-refractivity contribution in [3.63, 3.8) is 0 Å². The molecule has 0 aromatic heterocycles. The maximum absolute atomic E-state index is 3.58. The monoisotopic (exact) mass is 169 g/mol. The Morgan fingerprint density at radius 2 is 1.42 bits per heavy atom. The Balaban J connectivity index is 2.13. The summed E-state index contributed by atoms with van der Waals surface area (Å²) in [5.74, 6) is 0. The van der Waals surface area contributed by atoms with Gasteiger partial charge in [0.2, 0.25) is 0 Å². The molecule has 0 aromatic rings. The van der Waals surface area contributed by atoms with Crippen molar-refractivity contribution in [1.29, 1.82) is 0 Å². The van der Waals surface area contributed by atoms with E-state index in [1.165, 1.54) is 57.9 Å². The van der Waals surface area contributed by atoms with Crippen molar-refractivity contribution < 1.29 is 0 Å². The highest BCUT2D eigenvalue weighted by molar-refractivity contribution is 4.62. The lowest BCUT2D eigenvalue weighted by Gasteiger charge is -2.12. The Bertz CT molecular complexity index is 89.2. The van der Waals surface area contributed by atoms with Gasteiger partial charge in [0.1, 0.15) is 0 Å². The van der Waals surface area contributed by atoms with Crippen LogP contribution in [0, 0.1) is 0 Å². The predicted molar refractivity (Wildman–Crippen MR) is 54.4 cm³/mol. The molecule has 72 valence electrons. The van der Waals surface area contributed by atoms with E-state index in [1.807, 2.05) is 0 Å². The van der Waals surface area contributed by atoms with Crippen LogP contribution in [0.15, 0.2) is 0 Å². The van der Waals surface area contributed by atoms with E-state index < -0.39 is 0 Å². The van der Waals surface area contributed by atoms with E-state index in [0.717, 1.165) is 6.04 Å². The van der Waals surface area contributed by atoms with Crippen LogP contribution in [0.1, 0.15) is 58.3 Å². The fraction of sp³-hybridized carbons (Fsp3) is 1.00. The summed E-state index contributed by atoms with van der Waals surface area (Å²) in [6.45, 7) is 3.55. The molecule has 0 amide bonds. The van der Waals surface area contributed by atoms with Crippen molar-refractivity contribution in [2.75, 3.05) is 6.54 Å². The van der Waals surface area contributed by atoms with E-state index >= 15 is 0 Å². The van der Waals surface area contributed by atoms with Gasteiger partial charge in [0.05, 0.1) is 0 Å². The number of rotatable bonds is 0. The molecule has 1 N–H and O–H groups in total. The van der Waals surface area contributed by atoms with Gasteiger partial charge in [-0.15, -0.1) is 0 Å². The highest BCUT2D eigenvalue weighted by Crippen LogP contribution is 2.11. The molecule has 12 heavy (non-hydrogen) atoms.